The molecule has 17 heavy (non-hydrogen) atoms. The zero-order chi connectivity index (χ0) is 12.3. The second-order valence-electron chi connectivity index (χ2n) is 5.29. The molecular weight excluding hydrogens is 212 g/mol. The summed E-state index contributed by atoms with van der Waals surface area (Å²) in [5, 5.41) is 0. The zero-order valence-corrected chi connectivity index (χ0v) is 10.9. The summed E-state index contributed by atoms with van der Waals surface area (Å²) in [6.45, 7) is 6.34. The van der Waals surface area contributed by atoms with Crippen LogP contribution in [-0.2, 0) is 6.54 Å². The second kappa shape index (κ2) is 5.69. The van der Waals surface area contributed by atoms with Crippen LogP contribution in [-0.4, -0.2) is 23.5 Å². The predicted molar refractivity (Wildman–Crippen MR) is 69.6 cm³/mol. The van der Waals surface area contributed by atoms with Gasteiger partial charge in [0, 0.05) is 18.6 Å². The van der Waals surface area contributed by atoms with Gasteiger partial charge < -0.3 is 10.2 Å². The number of nitrogens with zero attached hydrogens (tertiary/aromatic N) is 1. The van der Waals surface area contributed by atoms with Crippen molar-refractivity contribution in [1.82, 2.24) is 4.90 Å². The number of hydrogen-bond acceptors (Lipinski definition) is 3. The van der Waals surface area contributed by atoms with Crippen LogP contribution in [0, 0.1) is 5.92 Å². The molecule has 0 spiro atoms. The minimum atomic E-state index is 0.274. The predicted octanol–water partition coefficient (Wildman–Crippen LogP) is 2.62. The third-order valence-electron chi connectivity index (χ3n) is 3.82. The van der Waals surface area contributed by atoms with Crippen LogP contribution in [0.5, 0.6) is 0 Å². The van der Waals surface area contributed by atoms with Crippen LogP contribution in [0.4, 0.5) is 0 Å². The Morgan fingerprint density at radius 2 is 2.29 bits per heavy atom. The first-order chi connectivity index (χ1) is 8.20. The van der Waals surface area contributed by atoms with Crippen LogP contribution in [0.25, 0.3) is 0 Å². The highest BCUT2D eigenvalue weighted by Gasteiger charge is 2.31. The van der Waals surface area contributed by atoms with E-state index in [4.69, 9.17) is 10.2 Å². The average molecular weight is 236 g/mol. The van der Waals surface area contributed by atoms with E-state index in [1.54, 1.807) is 6.26 Å². The van der Waals surface area contributed by atoms with E-state index in [-0.39, 0.29) is 6.04 Å². The van der Waals surface area contributed by atoms with Gasteiger partial charge in [-0.3, -0.25) is 4.90 Å². The van der Waals surface area contributed by atoms with Crippen LogP contribution in [0.1, 0.15) is 38.9 Å². The molecule has 1 aliphatic rings. The molecule has 96 valence electrons. The van der Waals surface area contributed by atoms with E-state index < -0.39 is 0 Å². The third-order valence-corrected chi connectivity index (χ3v) is 3.82. The van der Waals surface area contributed by atoms with Crippen molar-refractivity contribution >= 4 is 0 Å². The summed E-state index contributed by atoms with van der Waals surface area (Å²) in [5.41, 5.74) is 6.25. The lowest BCUT2D eigenvalue weighted by Gasteiger charge is -2.27. The Morgan fingerprint density at radius 3 is 2.82 bits per heavy atom. The van der Waals surface area contributed by atoms with Crippen LogP contribution >= 0.6 is 0 Å². The Morgan fingerprint density at radius 1 is 1.53 bits per heavy atom. The van der Waals surface area contributed by atoms with Crippen molar-refractivity contribution in [3.8, 4) is 0 Å². The first-order valence-corrected chi connectivity index (χ1v) is 6.72. The maximum Gasteiger partial charge on any atom is 0.117 e. The quantitative estimate of drug-likeness (QED) is 0.791. The lowest BCUT2D eigenvalue weighted by molar-refractivity contribution is 0.200. The molecule has 2 unspecified atom stereocenters. The smallest absolute Gasteiger partial charge is 0.117 e. The Bertz CT molecular complexity index is 319. The van der Waals surface area contributed by atoms with Crippen molar-refractivity contribution in [2.24, 2.45) is 11.7 Å². The van der Waals surface area contributed by atoms with Gasteiger partial charge in [0.2, 0.25) is 0 Å². The maximum atomic E-state index is 6.25. The number of rotatable bonds is 7. The molecule has 0 amide bonds. The molecule has 0 aliphatic heterocycles. The monoisotopic (exact) mass is 236 g/mol. The molecule has 3 heteroatoms. The van der Waals surface area contributed by atoms with Crippen LogP contribution < -0.4 is 5.73 Å². The summed E-state index contributed by atoms with van der Waals surface area (Å²) >= 11 is 0. The van der Waals surface area contributed by atoms with Gasteiger partial charge >= 0.3 is 0 Å². The maximum absolute atomic E-state index is 6.25. The Hall–Kier alpha value is -0.800. The molecule has 1 aromatic heterocycles. The van der Waals surface area contributed by atoms with Gasteiger partial charge in [0.25, 0.3) is 0 Å². The van der Waals surface area contributed by atoms with E-state index in [0.29, 0.717) is 5.92 Å². The summed E-state index contributed by atoms with van der Waals surface area (Å²) in [7, 11) is 0. The number of furan rings is 1. The summed E-state index contributed by atoms with van der Waals surface area (Å²) < 4.78 is 5.43. The van der Waals surface area contributed by atoms with E-state index in [0.717, 1.165) is 31.3 Å². The van der Waals surface area contributed by atoms with Gasteiger partial charge in [-0.1, -0.05) is 20.3 Å². The van der Waals surface area contributed by atoms with Crippen molar-refractivity contribution in [3.63, 3.8) is 0 Å². The van der Waals surface area contributed by atoms with E-state index in [9.17, 15) is 0 Å². The fraction of sp³-hybridized carbons (Fsp3) is 0.714. The normalized spacial score (nSPS) is 19.5. The first kappa shape index (κ1) is 12.7. The van der Waals surface area contributed by atoms with Crippen LogP contribution in [0.15, 0.2) is 22.8 Å². The molecule has 0 saturated heterocycles. The molecule has 2 N–H and O–H groups in total. The molecule has 2 atom stereocenters. The lowest BCUT2D eigenvalue weighted by atomic mass is 9.99. The molecule has 1 aromatic rings. The van der Waals surface area contributed by atoms with Crippen molar-refractivity contribution in [3.05, 3.63) is 24.2 Å². The van der Waals surface area contributed by atoms with Gasteiger partial charge in [-0.15, -0.1) is 0 Å². The zero-order valence-electron chi connectivity index (χ0n) is 10.9. The van der Waals surface area contributed by atoms with Crippen molar-refractivity contribution in [2.75, 3.05) is 6.54 Å². The highest BCUT2D eigenvalue weighted by Crippen LogP contribution is 2.29. The minimum absolute atomic E-state index is 0.274. The highest BCUT2D eigenvalue weighted by molar-refractivity contribution is 5.00. The molecule has 1 aliphatic carbocycles. The molecule has 0 bridgehead atoms. The molecule has 1 heterocycles. The second-order valence-corrected chi connectivity index (χ2v) is 5.29. The van der Waals surface area contributed by atoms with Gasteiger partial charge in [-0.2, -0.15) is 0 Å². The summed E-state index contributed by atoms with van der Waals surface area (Å²) in [6.07, 6.45) is 5.53. The standard InChI is InChI=1S/C14H24N2O/c1-3-11(2)14(15)10-16(12-6-7-12)9-13-5-4-8-17-13/h4-5,8,11-12,14H,3,6-7,9-10,15H2,1-2H3. The Labute approximate surface area is 104 Å². The third kappa shape index (κ3) is 3.58. The van der Waals surface area contributed by atoms with Crippen molar-refractivity contribution in [1.29, 1.82) is 0 Å². The fourth-order valence-corrected chi connectivity index (χ4v) is 2.14. The lowest BCUT2D eigenvalue weighted by Crippen LogP contribution is -2.42. The summed E-state index contributed by atoms with van der Waals surface area (Å²) in [5.74, 6) is 1.64. The van der Waals surface area contributed by atoms with Crippen molar-refractivity contribution in [2.45, 2.75) is 51.7 Å². The molecule has 2 rings (SSSR count). The highest BCUT2D eigenvalue weighted by atomic mass is 16.3. The van der Waals surface area contributed by atoms with E-state index in [1.165, 1.54) is 12.8 Å². The van der Waals surface area contributed by atoms with Gasteiger partial charge in [-0.25, -0.2) is 0 Å². The van der Waals surface area contributed by atoms with Crippen LogP contribution in [0.2, 0.25) is 0 Å². The first-order valence-electron chi connectivity index (χ1n) is 6.72. The van der Waals surface area contributed by atoms with Gasteiger partial charge in [-0.05, 0) is 30.9 Å². The topological polar surface area (TPSA) is 42.4 Å². The fourth-order valence-electron chi connectivity index (χ4n) is 2.14. The van der Waals surface area contributed by atoms with Gasteiger partial charge in [0.05, 0.1) is 12.8 Å². The number of hydrogen-bond donors (Lipinski definition) is 1. The largest absolute Gasteiger partial charge is 0.468 e. The Kier molecular flexibility index (Phi) is 4.24. The Balaban J connectivity index is 1.89. The average Bonchev–Trinajstić information content (AvgIpc) is 3.06. The van der Waals surface area contributed by atoms with Gasteiger partial charge in [0.15, 0.2) is 0 Å². The molecular formula is C14H24N2O. The van der Waals surface area contributed by atoms with E-state index >= 15 is 0 Å². The number of nitrogens with two attached hydrogens (primary N) is 1. The van der Waals surface area contributed by atoms with Crippen LogP contribution in [0.3, 0.4) is 0 Å². The molecule has 1 fully saturated rings. The van der Waals surface area contributed by atoms with Gasteiger partial charge in [0.1, 0.15) is 5.76 Å². The van der Waals surface area contributed by atoms with Crippen molar-refractivity contribution < 1.29 is 4.42 Å². The minimum Gasteiger partial charge on any atom is -0.468 e. The molecule has 1 saturated carbocycles. The SMILES string of the molecule is CCC(C)C(N)CN(Cc1ccco1)C1CC1. The van der Waals surface area contributed by atoms with E-state index in [1.807, 2.05) is 12.1 Å². The summed E-state index contributed by atoms with van der Waals surface area (Å²) in [4.78, 5) is 2.48. The summed E-state index contributed by atoms with van der Waals surface area (Å²) in [6, 6.07) is 5.00. The molecule has 3 nitrogen and oxygen atoms in total. The van der Waals surface area contributed by atoms with E-state index in [2.05, 4.69) is 18.7 Å². The molecule has 0 aromatic carbocycles. The molecule has 0 radical (unpaired) electrons.